The number of hydrazine groups is 1. The predicted molar refractivity (Wildman–Crippen MR) is 241 cm³/mol. The summed E-state index contributed by atoms with van der Waals surface area (Å²) in [6.07, 6.45) is 4.88. The van der Waals surface area contributed by atoms with Crippen molar-refractivity contribution in [2.24, 2.45) is 24.3 Å². The normalized spacial score (nSPS) is 21.4. The molecule has 16 heteroatoms. The lowest BCUT2D eigenvalue weighted by atomic mass is 9.84. The van der Waals surface area contributed by atoms with Crippen LogP contribution in [0.3, 0.4) is 0 Å². The van der Waals surface area contributed by atoms with Gasteiger partial charge in [-0.05, 0) is 74.4 Å². The zero-order valence-corrected chi connectivity index (χ0v) is 38.4. The predicted octanol–water partition coefficient (Wildman–Crippen LogP) is 5.24. The number of carbonyl (C=O) groups is 5. The van der Waals surface area contributed by atoms with Crippen molar-refractivity contribution in [1.29, 1.82) is 0 Å². The lowest BCUT2D eigenvalue weighted by molar-refractivity contribution is -0.155. The smallest absolute Gasteiger partial charge is 0.324 e. The van der Waals surface area contributed by atoms with Crippen molar-refractivity contribution in [1.82, 2.24) is 40.1 Å². The number of fused-ring (bicyclic) bond motifs is 6. The third-order valence-electron chi connectivity index (χ3n) is 12.7. The molecule has 4 amide bonds. The van der Waals surface area contributed by atoms with Gasteiger partial charge in [-0.1, -0.05) is 40.3 Å². The van der Waals surface area contributed by atoms with Gasteiger partial charge in [0, 0.05) is 86.3 Å². The van der Waals surface area contributed by atoms with Crippen molar-refractivity contribution in [3.63, 3.8) is 0 Å². The minimum Gasteiger partial charge on any atom is -0.464 e. The van der Waals surface area contributed by atoms with E-state index in [2.05, 4.69) is 61.0 Å². The molecule has 0 unspecified atom stereocenters. The number of pyridine rings is 1. The van der Waals surface area contributed by atoms with Crippen molar-refractivity contribution in [2.45, 2.75) is 91.0 Å². The Morgan fingerprint density at radius 3 is 2.65 bits per heavy atom. The van der Waals surface area contributed by atoms with Crippen LogP contribution in [0.25, 0.3) is 33.4 Å². The van der Waals surface area contributed by atoms with Gasteiger partial charge in [0.25, 0.3) is 5.91 Å². The number of ether oxygens (including phenoxy) is 2. The van der Waals surface area contributed by atoms with Crippen LogP contribution in [0.4, 0.5) is 0 Å². The fourth-order valence-corrected chi connectivity index (χ4v) is 10.1. The second-order valence-electron chi connectivity index (χ2n) is 18.2. The molecule has 63 heavy (non-hydrogen) atoms. The van der Waals surface area contributed by atoms with Gasteiger partial charge in [-0.3, -0.25) is 34.0 Å². The molecule has 0 saturated carbocycles. The van der Waals surface area contributed by atoms with Gasteiger partial charge in [0.15, 0.2) is 0 Å². The Labute approximate surface area is 373 Å². The molecule has 3 aliphatic rings. The van der Waals surface area contributed by atoms with Gasteiger partial charge in [-0.15, -0.1) is 11.3 Å². The van der Waals surface area contributed by atoms with Crippen LogP contribution in [0, 0.1) is 17.3 Å². The van der Waals surface area contributed by atoms with Crippen LogP contribution in [-0.4, -0.2) is 117 Å². The van der Waals surface area contributed by atoms with Crippen LogP contribution in [0.5, 0.6) is 0 Å². The Morgan fingerprint density at radius 2 is 1.92 bits per heavy atom. The molecule has 2 fully saturated rings. The highest BCUT2D eigenvalue weighted by Gasteiger charge is 2.40. The lowest BCUT2D eigenvalue weighted by Gasteiger charge is -2.36. The molecule has 7 rings (SSSR count). The van der Waals surface area contributed by atoms with E-state index in [1.165, 1.54) is 27.3 Å². The molecule has 336 valence electrons. The molecular weight excluding hydrogens is 821 g/mol. The number of nitrogens with zero attached hydrogens (tertiary/aromatic N) is 6. The SMILES string of the molecule is C=CC(=O)N1CC[C@H](C(=O)N(C)[C@H](C(=O)N[C@H]2Cc3nc(cs3)-c3ccc4c(c3)c(c(-c3cccnc3[C@H](C)OC)n4C)CC(C)(C)COC(=O)[C@@H]3CCCN(N3)C2=O)C(C)C)C1. The van der Waals surface area contributed by atoms with Gasteiger partial charge in [0.05, 0.1) is 40.7 Å². The van der Waals surface area contributed by atoms with E-state index in [0.717, 1.165) is 44.7 Å². The van der Waals surface area contributed by atoms with E-state index in [4.69, 9.17) is 19.4 Å². The minimum atomic E-state index is -1.08. The van der Waals surface area contributed by atoms with E-state index in [1.54, 1.807) is 25.3 Å². The van der Waals surface area contributed by atoms with Crippen LogP contribution in [0.2, 0.25) is 0 Å². The Morgan fingerprint density at radius 1 is 1.14 bits per heavy atom. The number of thiazole rings is 1. The van der Waals surface area contributed by atoms with Gasteiger partial charge in [0.1, 0.15) is 18.1 Å². The summed E-state index contributed by atoms with van der Waals surface area (Å²) in [6.45, 7) is 14.5. The third kappa shape index (κ3) is 9.43. The van der Waals surface area contributed by atoms with Gasteiger partial charge in [0.2, 0.25) is 17.7 Å². The summed E-state index contributed by atoms with van der Waals surface area (Å²) in [6, 6.07) is 7.51. The summed E-state index contributed by atoms with van der Waals surface area (Å²) < 4.78 is 14.0. The molecule has 2 saturated heterocycles. The summed E-state index contributed by atoms with van der Waals surface area (Å²) in [5.41, 5.74) is 9.11. The number of hydrogen-bond acceptors (Lipinski definition) is 11. The topological polar surface area (TPSA) is 168 Å². The summed E-state index contributed by atoms with van der Waals surface area (Å²) in [7, 11) is 5.32. The number of nitrogens with one attached hydrogen (secondary N) is 2. The fourth-order valence-electron chi connectivity index (χ4n) is 9.27. The second kappa shape index (κ2) is 18.7. The molecule has 0 spiro atoms. The van der Waals surface area contributed by atoms with Crippen LogP contribution in [0.1, 0.15) is 76.3 Å². The molecule has 5 atom stereocenters. The molecule has 6 heterocycles. The number of likely N-dealkylation sites (tertiary alicyclic amines) is 1. The number of carbonyl (C=O) groups excluding carboxylic acids is 5. The average Bonchev–Trinajstić information content (AvgIpc) is 4.02. The molecule has 0 radical (unpaired) electrons. The Balaban J connectivity index is 1.26. The molecule has 4 aromatic rings. The standard InChI is InChI=1S/C47H60N8O7S/c1-10-39(56)54-20-17-30(24-54)44(58)53(8)41(27(2)3)43(57)50-35-22-38-49-36(25-63-38)29-15-16-37-32(21-29)33(42(52(37)7)31-13-11-18-48-40(31)28(4)61-9)23-47(5,6)26-62-46(60)34-14-12-19-55(51-34)45(35)59/h10-11,13,15-16,18,21,25,27-28,30,34-35,41,51H,1,12,14,17,19-20,22-24,26H2,2-9H3,(H,50,57)/t28-,30-,34-,35-,41-/m0/s1. The quantitative estimate of drug-likeness (QED) is 0.168. The number of esters is 1. The van der Waals surface area contributed by atoms with E-state index >= 15 is 0 Å². The maximum atomic E-state index is 14.6. The van der Waals surface area contributed by atoms with Gasteiger partial charge < -0.3 is 29.2 Å². The van der Waals surface area contributed by atoms with E-state index in [0.29, 0.717) is 43.8 Å². The monoisotopic (exact) mass is 880 g/mol. The molecule has 2 N–H and O–H groups in total. The van der Waals surface area contributed by atoms with Crippen LogP contribution in [0.15, 0.2) is 54.6 Å². The molecule has 6 bridgehead atoms. The van der Waals surface area contributed by atoms with E-state index < -0.39 is 47.2 Å². The van der Waals surface area contributed by atoms with Gasteiger partial charge in [-0.25, -0.2) is 10.4 Å². The molecular formula is C47H60N8O7S. The average molecular weight is 881 g/mol. The number of aryl methyl sites for hydroxylation is 1. The third-order valence-corrected chi connectivity index (χ3v) is 13.5. The first-order valence-electron chi connectivity index (χ1n) is 21.8. The number of likely N-dealkylation sites (N-methyl/N-ethyl adjacent to an activating group) is 1. The van der Waals surface area contributed by atoms with Crippen molar-refractivity contribution in [3.05, 3.63) is 70.8 Å². The summed E-state index contributed by atoms with van der Waals surface area (Å²) in [5, 5.41) is 8.05. The number of hydrogen-bond donors (Lipinski definition) is 2. The highest BCUT2D eigenvalue weighted by molar-refractivity contribution is 7.10. The van der Waals surface area contributed by atoms with E-state index in [1.807, 2.05) is 38.3 Å². The van der Waals surface area contributed by atoms with E-state index in [9.17, 15) is 24.0 Å². The highest BCUT2D eigenvalue weighted by Crippen LogP contribution is 2.41. The molecule has 0 aliphatic carbocycles. The van der Waals surface area contributed by atoms with Crippen LogP contribution >= 0.6 is 11.3 Å². The van der Waals surface area contributed by atoms with Crippen molar-refractivity contribution >= 4 is 51.8 Å². The molecule has 3 aliphatic heterocycles. The summed E-state index contributed by atoms with van der Waals surface area (Å²) in [5.74, 6) is -2.64. The lowest BCUT2D eigenvalue weighted by Crippen LogP contribution is -2.62. The fraction of sp³-hybridized carbons (Fsp3) is 0.511. The molecule has 15 nitrogen and oxygen atoms in total. The first-order chi connectivity index (χ1) is 30.0. The van der Waals surface area contributed by atoms with Gasteiger partial charge in [-0.2, -0.15) is 0 Å². The largest absolute Gasteiger partial charge is 0.464 e. The Bertz CT molecular complexity index is 2410. The zero-order chi connectivity index (χ0) is 45.3. The number of rotatable bonds is 9. The van der Waals surface area contributed by atoms with Crippen molar-refractivity contribution in [3.8, 4) is 22.5 Å². The number of benzene rings is 1. The molecule has 3 aromatic heterocycles. The highest BCUT2D eigenvalue weighted by atomic mass is 32.1. The van der Waals surface area contributed by atoms with Crippen LogP contribution < -0.4 is 10.7 Å². The number of aromatic nitrogens is 3. The molecule has 1 aromatic carbocycles. The van der Waals surface area contributed by atoms with Gasteiger partial charge >= 0.3 is 5.97 Å². The summed E-state index contributed by atoms with van der Waals surface area (Å²) in [4.78, 5) is 81.7. The number of methoxy groups -OCH3 is 1. The number of cyclic esters (lactones) is 1. The number of amides is 4. The Kier molecular flexibility index (Phi) is 13.5. The van der Waals surface area contributed by atoms with Crippen molar-refractivity contribution < 1.29 is 33.4 Å². The maximum absolute atomic E-state index is 14.6. The second-order valence-corrected chi connectivity index (χ2v) is 19.1. The first-order valence-corrected chi connectivity index (χ1v) is 22.7. The summed E-state index contributed by atoms with van der Waals surface area (Å²) >= 11 is 1.40. The minimum absolute atomic E-state index is 0.0743. The van der Waals surface area contributed by atoms with Crippen LogP contribution in [-0.2, 0) is 53.3 Å². The maximum Gasteiger partial charge on any atom is 0.324 e. The Hall–Kier alpha value is -5.45. The van der Waals surface area contributed by atoms with E-state index in [-0.39, 0.29) is 43.4 Å². The van der Waals surface area contributed by atoms with Crippen molar-refractivity contribution in [2.75, 3.05) is 40.4 Å². The first kappa shape index (κ1) is 45.6. The zero-order valence-electron chi connectivity index (χ0n) is 37.6.